The standard InChI is InChI=1S/C19H33N7O7/c1-10(17(31)26-9-3-5-13(26)18(32)33)24-16(30)12(6-7-14(27)28)25-15(29)11(20)4-2-8-23-19(21)22/h10-13H,2-9,20H2,1H3,(H,24,30)(H,25,29)(H,27,28)(H,32,33)(H4,21,22,23). The first-order valence-corrected chi connectivity index (χ1v) is 10.6. The summed E-state index contributed by atoms with van der Waals surface area (Å²) in [6, 6.07) is -4.27. The first-order valence-electron chi connectivity index (χ1n) is 10.6. The summed E-state index contributed by atoms with van der Waals surface area (Å²) in [7, 11) is 0. The van der Waals surface area contributed by atoms with Crippen molar-refractivity contribution in [2.75, 3.05) is 13.1 Å². The molecule has 1 saturated heterocycles. The van der Waals surface area contributed by atoms with Gasteiger partial charge in [-0.05, 0) is 39.0 Å². The number of carbonyl (C=O) groups is 5. The molecule has 0 spiro atoms. The maximum Gasteiger partial charge on any atom is 0.326 e. The van der Waals surface area contributed by atoms with E-state index in [0.29, 0.717) is 19.3 Å². The summed E-state index contributed by atoms with van der Waals surface area (Å²) in [5, 5.41) is 23.0. The number of nitrogens with two attached hydrogens (primary N) is 3. The van der Waals surface area contributed by atoms with Crippen LogP contribution in [-0.2, 0) is 24.0 Å². The molecule has 0 saturated carbocycles. The van der Waals surface area contributed by atoms with Crippen LogP contribution < -0.4 is 27.8 Å². The van der Waals surface area contributed by atoms with Crippen molar-refractivity contribution >= 4 is 35.6 Å². The number of aliphatic imine (C=N–C) groups is 1. The Bertz CT molecular complexity index is 770. The molecular formula is C19H33N7O7. The Morgan fingerprint density at radius 2 is 1.76 bits per heavy atom. The van der Waals surface area contributed by atoms with Crippen molar-refractivity contribution in [3.8, 4) is 0 Å². The molecule has 1 rings (SSSR count). The van der Waals surface area contributed by atoms with Gasteiger partial charge in [-0.3, -0.25) is 24.2 Å². The van der Waals surface area contributed by atoms with Gasteiger partial charge in [-0.15, -0.1) is 0 Å². The summed E-state index contributed by atoms with van der Waals surface area (Å²) in [6.45, 7) is 1.91. The number of carboxylic acid groups (broad SMARTS) is 2. The number of likely N-dealkylation sites (tertiary alicyclic amines) is 1. The first kappa shape index (κ1) is 27.6. The lowest BCUT2D eigenvalue weighted by molar-refractivity contribution is -0.149. The lowest BCUT2D eigenvalue weighted by Crippen LogP contribution is -2.56. The summed E-state index contributed by atoms with van der Waals surface area (Å²) in [6.07, 6.45) is 0.840. The molecule has 0 aliphatic carbocycles. The van der Waals surface area contributed by atoms with Crippen molar-refractivity contribution in [1.82, 2.24) is 15.5 Å². The Balaban J connectivity index is 2.74. The largest absolute Gasteiger partial charge is 0.481 e. The molecule has 33 heavy (non-hydrogen) atoms. The number of hydrogen-bond donors (Lipinski definition) is 7. The number of nitrogens with zero attached hydrogens (tertiary/aromatic N) is 2. The average Bonchev–Trinajstić information content (AvgIpc) is 3.22. The number of guanidine groups is 1. The van der Waals surface area contributed by atoms with Crippen molar-refractivity contribution in [3.05, 3.63) is 0 Å². The molecule has 1 heterocycles. The maximum absolute atomic E-state index is 12.7. The third-order valence-electron chi connectivity index (χ3n) is 5.13. The van der Waals surface area contributed by atoms with Gasteiger partial charge in [0.1, 0.15) is 18.1 Å². The van der Waals surface area contributed by atoms with Crippen LogP contribution in [0.5, 0.6) is 0 Å². The third-order valence-corrected chi connectivity index (χ3v) is 5.13. The van der Waals surface area contributed by atoms with E-state index in [-0.39, 0.29) is 31.9 Å². The van der Waals surface area contributed by atoms with Crippen LogP contribution in [0.1, 0.15) is 45.4 Å². The zero-order valence-corrected chi connectivity index (χ0v) is 18.5. The predicted octanol–water partition coefficient (Wildman–Crippen LogP) is -2.70. The average molecular weight is 472 g/mol. The molecule has 4 unspecified atom stereocenters. The maximum atomic E-state index is 12.7. The smallest absolute Gasteiger partial charge is 0.326 e. The normalized spacial score (nSPS) is 18.0. The molecule has 1 aliphatic heterocycles. The Labute approximate surface area is 190 Å². The summed E-state index contributed by atoms with van der Waals surface area (Å²) in [4.78, 5) is 65.0. The number of carbonyl (C=O) groups excluding carboxylic acids is 3. The number of rotatable bonds is 13. The van der Waals surface area contributed by atoms with E-state index in [0.717, 1.165) is 0 Å². The van der Waals surface area contributed by atoms with Gasteiger partial charge in [-0.2, -0.15) is 0 Å². The number of amides is 3. The fourth-order valence-corrected chi connectivity index (χ4v) is 3.38. The number of nitrogens with one attached hydrogen (secondary N) is 2. The van der Waals surface area contributed by atoms with Gasteiger partial charge in [0, 0.05) is 19.5 Å². The highest BCUT2D eigenvalue weighted by Crippen LogP contribution is 2.18. The quantitative estimate of drug-likeness (QED) is 0.0831. The molecule has 0 aromatic rings. The lowest BCUT2D eigenvalue weighted by Gasteiger charge is -2.27. The van der Waals surface area contributed by atoms with Crippen molar-refractivity contribution in [1.29, 1.82) is 0 Å². The van der Waals surface area contributed by atoms with E-state index in [1.165, 1.54) is 11.8 Å². The Morgan fingerprint density at radius 1 is 1.09 bits per heavy atom. The molecule has 0 aromatic carbocycles. The summed E-state index contributed by atoms with van der Waals surface area (Å²) < 4.78 is 0. The second kappa shape index (κ2) is 13.2. The van der Waals surface area contributed by atoms with Crippen LogP contribution in [-0.4, -0.2) is 88.0 Å². The molecule has 0 bridgehead atoms. The fraction of sp³-hybridized carbons (Fsp3) is 0.684. The Hall–Kier alpha value is -3.42. The molecule has 1 aliphatic rings. The van der Waals surface area contributed by atoms with Crippen LogP contribution in [0, 0.1) is 0 Å². The number of aliphatic carboxylic acids is 2. The first-order chi connectivity index (χ1) is 15.4. The van der Waals surface area contributed by atoms with E-state index in [4.69, 9.17) is 22.3 Å². The van der Waals surface area contributed by atoms with E-state index >= 15 is 0 Å². The van der Waals surface area contributed by atoms with Crippen molar-refractivity contribution in [2.24, 2.45) is 22.2 Å². The minimum atomic E-state index is -1.25. The van der Waals surface area contributed by atoms with Crippen molar-refractivity contribution in [2.45, 2.75) is 69.6 Å². The van der Waals surface area contributed by atoms with Gasteiger partial charge >= 0.3 is 11.9 Å². The zero-order chi connectivity index (χ0) is 25.1. The van der Waals surface area contributed by atoms with Gasteiger partial charge in [0.25, 0.3) is 0 Å². The van der Waals surface area contributed by atoms with E-state index < -0.39 is 60.2 Å². The minimum absolute atomic E-state index is 0.0919. The summed E-state index contributed by atoms with van der Waals surface area (Å²) in [5.41, 5.74) is 16.3. The predicted molar refractivity (Wildman–Crippen MR) is 117 cm³/mol. The fourth-order valence-electron chi connectivity index (χ4n) is 3.38. The molecule has 14 nitrogen and oxygen atoms in total. The Morgan fingerprint density at radius 3 is 2.33 bits per heavy atom. The third kappa shape index (κ3) is 9.31. The van der Waals surface area contributed by atoms with E-state index in [1.54, 1.807) is 0 Å². The van der Waals surface area contributed by atoms with Gasteiger partial charge in [-0.25, -0.2) is 4.79 Å². The number of hydrogen-bond acceptors (Lipinski definition) is 7. The molecular weight excluding hydrogens is 438 g/mol. The molecule has 186 valence electrons. The monoisotopic (exact) mass is 471 g/mol. The molecule has 0 radical (unpaired) electrons. The van der Waals surface area contributed by atoms with Gasteiger partial charge in [0.05, 0.1) is 6.04 Å². The molecule has 0 aromatic heterocycles. The van der Waals surface area contributed by atoms with Crippen LogP contribution in [0.4, 0.5) is 0 Å². The van der Waals surface area contributed by atoms with Crippen LogP contribution in [0.3, 0.4) is 0 Å². The molecule has 10 N–H and O–H groups in total. The second-order valence-corrected chi connectivity index (χ2v) is 7.81. The van der Waals surface area contributed by atoms with Crippen molar-refractivity contribution < 1.29 is 34.2 Å². The van der Waals surface area contributed by atoms with Crippen LogP contribution >= 0.6 is 0 Å². The molecule has 1 fully saturated rings. The van der Waals surface area contributed by atoms with E-state index in [2.05, 4.69) is 15.6 Å². The lowest BCUT2D eigenvalue weighted by atomic mass is 10.1. The van der Waals surface area contributed by atoms with Gasteiger partial charge in [-0.1, -0.05) is 0 Å². The van der Waals surface area contributed by atoms with Gasteiger partial charge < -0.3 is 42.9 Å². The summed E-state index contributed by atoms with van der Waals surface area (Å²) in [5.74, 6) is -4.41. The van der Waals surface area contributed by atoms with Crippen LogP contribution in [0.2, 0.25) is 0 Å². The van der Waals surface area contributed by atoms with Crippen LogP contribution in [0.15, 0.2) is 4.99 Å². The highest BCUT2D eigenvalue weighted by Gasteiger charge is 2.37. The van der Waals surface area contributed by atoms with E-state index in [1.807, 2.05) is 0 Å². The number of carboxylic acids is 2. The summed E-state index contributed by atoms with van der Waals surface area (Å²) >= 11 is 0. The van der Waals surface area contributed by atoms with Gasteiger partial charge in [0.2, 0.25) is 17.7 Å². The Kier molecular flexibility index (Phi) is 11.0. The molecule has 3 amide bonds. The topological polar surface area (TPSA) is 244 Å². The van der Waals surface area contributed by atoms with E-state index in [9.17, 15) is 29.1 Å². The SMILES string of the molecule is CC(NC(=O)C(CCC(=O)O)NC(=O)C(N)CCCN=C(N)N)C(=O)N1CCCC1C(=O)O. The molecule has 4 atom stereocenters. The highest BCUT2D eigenvalue weighted by atomic mass is 16.4. The van der Waals surface area contributed by atoms with Crippen LogP contribution in [0.25, 0.3) is 0 Å². The molecule has 14 heteroatoms. The van der Waals surface area contributed by atoms with Gasteiger partial charge in [0.15, 0.2) is 5.96 Å². The minimum Gasteiger partial charge on any atom is -0.481 e. The highest BCUT2D eigenvalue weighted by molar-refractivity contribution is 5.94. The zero-order valence-electron chi connectivity index (χ0n) is 18.5. The second-order valence-electron chi connectivity index (χ2n) is 7.81. The van der Waals surface area contributed by atoms with Crippen molar-refractivity contribution in [3.63, 3.8) is 0 Å².